The summed E-state index contributed by atoms with van der Waals surface area (Å²) >= 11 is 0. The molecule has 0 aromatic heterocycles. The van der Waals surface area contributed by atoms with Crippen molar-refractivity contribution in [3.8, 4) is 11.5 Å². The molecule has 0 radical (unpaired) electrons. The van der Waals surface area contributed by atoms with Crippen LogP contribution in [-0.4, -0.2) is 62.9 Å². The van der Waals surface area contributed by atoms with E-state index in [0.29, 0.717) is 30.0 Å². The van der Waals surface area contributed by atoms with Gasteiger partial charge in [-0.1, -0.05) is 6.07 Å². The molecule has 1 amide bonds. The minimum absolute atomic E-state index is 0.0647. The SMILES string of the molecule is COCC1(C(=O)O)CCN(C(=O)c2c(OC)cccc2OC)C1. The molecule has 2 rings (SSSR count). The van der Waals surface area contributed by atoms with Gasteiger partial charge in [0.15, 0.2) is 0 Å². The minimum Gasteiger partial charge on any atom is -0.496 e. The topological polar surface area (TPSA) is 85.3 Å². The number of hydrogen-bond acceptors (Lipinski definition) is 5. The van der Waals surface area contributed by atoms with E-state index in [-0.39, 0.29) is 19.1 Å². The molecular weight excluding hydrogens is 302 g/mol. The Kier molecular flexibility index (Phi) is 5.10. The zero-order chi connectivity index (χ0) is 17.0. The Morgan fingerprint density at radius 2 is 1.83 bits per heavy atom. The lowest BCUT2D eigenvalue weighted by Gasteiger charge is -2.24. The smallest absolute Gasteiger partial charge is 0.313 e. The molecule has 0 bridgehead atoms. The fraction of sp³-hybridized carbons (Fsp3) is 0.500. The number of rotatable bonds is 6. The standard InChI is InChI=1S/C16H21NO6/c1-21-10-16(15(19)20)7-8-17(9-16)14(18)13-11(22-2)5-4-6-12(13)23-3/h4-6H,7-10H2,1-3H3,(H,19,20). The number of carboxylic acid groups (broad SMARTS) is 1. The van der Waals surface area contributed by atoms with Crippen molar-refractivity contribution in [1.29, 1.82) is 0 Å². The van der Waals surface area contributed by atoms with Gasteiger partial charge in [-0.05, 0) is 18.6 Å². The van der Waals surface area contributed by atoms with Gasteiger partial charge in [-0.25, -0.2) is 0 Å². The Morgan fingerprint density at radius 1 is 1.22 bits per heavy atom. The number of aliphatic carboxylic acids is 1. The molecule has 7 nitrogen and oxygen atoms in total. The fourth-order valence-corrected chi connectivity index (χ4v) is 2.90. The summed E-state index contributed by atoms with van der Waals surface area (Å²) in [5.41, 5.74) is -0.768. The third-order valence-electron chi connectivity index (χ3n) is 4.16. The second-order valence-electron chi connectivity index (χ2n) is 5.53. The van der Waals surface area contributed by atoms with E-state index in [0.717, 1.165) is 0 Å². The number of nitrogens with zero attached hydrogens (tertiary/aromatic N) is 1. The number of amides is 1. The summed E-state index contributed by atoms with van der Waals surface area (Å²) < 4.78 is 15.5. The maximum Gasteiger partial charge on any atom is 0.313 e. The minimum atomic E-state index is -1.07. The molecule has 23 heavy (non-hydrogen) atoms. The second-order valence-corrected chi connectivity index (χ2v) is 5.53. The first-order valence-corrected chi connectivity index (χ1v) is 7.21. The maximum absolute atomic E-state index is 12.9. The number of benzene rings is 1. The number of hydrogen-bond donors (Lipinski definition) is 1. The molecule has 0 saturated carbocycles. The molecule has 1 atom stereocenters. The third kappa shape index (κ3) is 3.10. The lowest BCUT2D eigenvalue weighted by molar-refractivity contribution is -0.151. The fourth-order valence-electron chi connectivity index (χ4n) is 2.90. The predicted octanol–water partition coefficient (Wildman–Crippen LogP) is 1.27. The molecule has 126 valence electrons. The lowest BCUT2D eigenvalue weighted by Crippen LogP contribution is -2.40. The van der Waals surface area contributed by atoms with Crippen LogP contribution in [0.25, 0.3) is 0 Å². The van der Waals surface area contributed by atoms with Gasteiger partial charge in [-0.2, -0.15) is 0 Å². The molecule has 1 aliphatic heterocycles. The highest BCUT2D eigenvalue weighted by molar-refractivity contribution is 6.00. The van der Waals surface area contributed by atoms with E-state index in [1.165, 1.54) is 26.2 Å². The zero-order valence-corrected chi connectivity index (χ0v) is 13.5. The molecule has 1 saturated heterocycles. The summed E-state index contributed by atoms with van der Waals surface area (Å²) in [7, 11) is 4.41. The van der Waals surface area contributed by atoms with Gasteiger partial charge in [0.1, 0.15) is 22.5 Å². The first kappa shape index (κ1) is 17.1. The molecular formula is C16H21NO6. The van der Waals surface area contributed by atoms with Crippen molar-refractivity contribution >= 4 is 11.9 Å². The molecule has 1 fully saturated rings. The summed E-state index contributed by atoms with van der Waals surface area (Å²) in [6.07, 6.45) is 0.347. The van der Waals surface area contributed by atoms with E-state index in [4.69, 9.17) is 14.2 Å². The molecule has 1 unspecified atom stereocenters. The maximum atomic E-state index is 12.9. The molecule has 0 spiro atoms. The first-order valence-electron chi connectivity index (χ1n) is 7.21. The average Bonchev–Trinajstić information content (AvgIpc) is 2.99. The van der Waals surface area contributed by atoms with E-state index in [1.54, 1.807) is 18.2 Å². The second kappa shape index (κ2) is 6.87. The quantitative estimate of drug-likeness (QED) is 0.848. The van der Waals surface area contributed by atoms with Gasteiger partial charge >= 0.3 is 5.97 Å². The van der Waals surface area contributed by atoms with Crippen LogP contribution in [0.15, 0.2) is 18.2 Å². The average molecular weight is 323 g/mol. The number of ether oxygens (including phenoxy) is 3. The van der Waals surface area contributed by atoms with Crippen molar-refractivity contribution in [2.75, 3.05) is 41.0 Å². The molecule has 0 aliphatic carbocycles. The Labute approximate surface area is 134 Å². The summed E-state index contributed by atoms with van der Waals surface area (Å²) in [5, 5.41) is 9.50. The van der Waals surface area contributed by atoms with Gasteiger partial charge in [0.2, 0.25) is 0 Å². The summed E-state index contributed by atoms with van der Waals surface area (Å²) in [4.78, 5) is 26.0. The highest BCUT2D eigenvalue weighted by Gasteiger charge is 2.47. The lowest BCUT2D eigenvalue weighted by atomic mass is 9.88. The van der Waals surface area contributed by atoms with E-state index < -0.39 is 11.4 Å². The summed E-state index contributed by atoms with van der Waals surface area (Å²) in [5.74, 6) is -0.469. The van der Waals surface area contributed by atoms with E-state index in [2.05, 4.69) is 0 Å². The van der Waals surface area contributed by atoms with Crippen LogP contribution in [0.5, 0.6) is 11.5 Å². The number of likely N-dealkylation sites (tertiary alicyclic amines) is 1. The number of methoxy groups -OCH3 is 3. The number of carboxylic acids is 1. The Balaban J connectivity index is 2.31. The van der Waals surface area contributed by atoms with Crippen molar-refractivity contribution in [2.45, 2.75) is 6.42 Å². The predicted molar refractivity (Wildman–Crippen MR) is 82.0 cm³/mol. The Morgan fingerprint density at radius 3 is 2.30 bits per heavy atom. The number of carbonyl (C=O) groups excluding carboxylic acids is 1. The van der Waals surface area contributed by atoms with Crippen LogP contribution in [0.4, 0.5) is 0 Å². The van der Waals surface area contributed by atoms with Crippen LogP contribution in [0, 0.1) is 5.41 Å². The van der Waals surface area contributed by atoms with Gasteiger partial charge < -0.3 is 24.2 Å². The van der Waals surface area contributed by atoms with Crippen molar-refractivity contribution in [3.05, 3.63) is 23.8 Å². The Bertz CT molecular complexity index is 580. The molecule has 1 N–H and O–H groups in total. The van der Waals surface area contributed by atoms with Gasteiger partial charge in [0.05, 0.1) is 20.8 Å². The van der Waals surface area contributed by atoms with E-state index in [9.17, 15) is 14.7 Å². The summed E-state index contributed by atoms with van der Waals surface area (Å²) in [6, 6.07) is 5.07. The summed E-state index contributed by atoms with van der Waals surface area (Å²) in [6.45, 7) is 0.501. The van der Waals surface area contributed by atoms with Crippen molar-refractivity contribution < 1.29 is 28.9 Å². The first-order chi connectivity index (χ1) is 11.0. The van der Waals surface area contributed by atoms with E-state index in [1.807, 2.05) is 0 Å². The van der Waals surface area contributed by atoms with E-state index >= 15 is 0 Å². The molecule has 7 heteroatoms. The molecule has 1 heterocycles. The monoisotopic (exact) mass is 323 g/mol. The third-order valence-corrected chi connectivity index (χ3v) is 4.16. The highest BCUT2D eigenvalue weighted by Crippen LogP contribution is 2.35. The van der Waals surface area contributed by atoms with Crippen molar-refractivity contribution in [3.63, 3.8) is 0 Å². The van der Waals surface area contributed by atoms with Crippen LogP contribution >= 0.6 is 0 Å². The number of carbonyl (C=O) groups is 2. The van der Waals surface area contributed by atoms with Gasteiger partial charge in [0, 0.05) is 20.2 Å². The Hall–Kier alpha value is -2.28. The van der Waals surface area contributed by atoms with Crippen molar-refractivity contribution in [2.24, 2.45) is 5.41 Å². The van der Waals surface area contributed by atoms with Crippen LogP contribution in [0.3, 0.4) is 0 Å². The van der Waals surface area contributed by atoms with Crippen LogP contribution < -0.4 is 9.47 Å². The van der Waals surface area contributed by atoms with Crippen LogP contribution in [-0.2, 0) is 9.53 Å². The molecule has 1 aromatic rings. The zero-order valence-electron chi connectivity index (χ0n) is 13.5. The highest BCUT2D eigenvalue weighted by atomic mass is 16.5. The van der Waals surface area contributed by atoms with Gasteiger partial charge in [0.25, 0.3) is 5.91 Å². The molecule has 1 aliphatic rings. The van der Waals surface area contributed by atoms with Gasteiger partial charge in [-0.3, -0.25) is 9.59 Å². The molecule has 1 aromatic carbocycles. The van der Waals surface area contributed by atoms with Crippen LogP contribution in [0.2, 0.25) is 0 Å². The normalized spacial score (nSPS) is 20.4. The van der Waals surface area contributed by atoms with Gasteiger partial charge in [-0.15, -0.1) is 0 Å². The largest absolute Gasteiger partial charge is 0.496 e. The van der Waals surface area contributed by atoms with Crippen molar-refractivity contribution in [1.82, 2.24) is 4.90 Å². The van der Waals surface area contributed by atoms with Crippen LogP contribution in [0.1, 0.15) is 16.8 Å².